The van der Waals surface area contributed by atoms with Crippen LogP contribution in [0.15, 0.2) is 18.2 Å². The van der Waals surface area contributed by atoms with E-state index in [2.05, 4.69) is 15.7 Å². The third kappa shape index (κ3) is 4.91. The van der Waals surface area contributed by atoms with E-state index in [0.29, 0.717) is 35.5 Å². The van der Waals surface area contributed by atoms with Crippen molar-refractivity contribution in [2.75, 3.05) is 19.8 Å². The van der Waals surface area contributed by atoms with Crippen LogP contribution < -0.4 is 10.6 Å². The lowest BCUT2D eigenvalue weighted by atomic mass is 9.86. The molecule has 1 aliphatic heterocycles. The number of aliphatic hydroxyl groups excluding tert-OH is 1. The third-order valence-corrected chi connectivity index (χ3v) is 5.01. The molecular weight excluding hydrogens is 410 g/mol. The molecule has 0 saturated carbocycles. The quantitative estimate of drug-likeness (QED) is 0.665. The summed E-state index contributed by atoms with van der Waals surface area (Å²) in [6, 6.07) is 1.90. The van der Waals surface area contributed by atoms with E-state index in [9.17, 15) is 18.4 Å². The Labute approximate surface area is 178 Å². The van der Waals surface area contributed by atoms with E-state index in [-0.39, 0.29) is 19.8 Å². The zero-order valence-corrected chi connectivity index (χ0v) is 17.7. The number of fused-ring (bicyclic) bond motifs is 1. The Balaban J connectivity index is 1.96. The summed E-state index contributed by atoms with van der Waals surface area (Å²) in [6.07, 6.45) is 0.399. The number of aliphatic hydroxyl groups is 1. The summed E-state index contributed by atoms with van der Waals surface area (Å²) in [6.45, 7) is 5.80. The first kappa shape index (κ1) is 22.8. The van der Waals surface area contributed by atoms with Crippen LogP contribution in [0.3, 0.4) is 0 Å². The summed E-state index contributed by atoms with van der Waals surface area (Å²) >= 11 is 0. The Morgan fingerprint density at radius 2 is 2.03 bits per heavy atom. The van der Waals surface area contributed by atoms with Crippen molar-refractivity contribution in [3.05, 3.63) is 41.1 Å². The van der Waals surface area contributed by atoms with Crippen molar-refractivity contribution in [3.63, 3.8) is 0 Å². The molecule has 3 N–H and O–H groups in total. The Hall–Kier alpha value is -2.85. The predicted octanol–water partition coefficient (Wildman–Crippen LogP) is 1.98. The molecule has 2 amide bonds. The van der Waals surface area contributed by atoms with Gasteiger partial charge in [-0.2, -0.15) is 9.78 Å². The molecule has 2 aromatic rings. The van der Waals surface area contributed by atoms with Gasteiger partial charge in [0, 0.05) is 24.1 Å². The number of hydrogen-bond donors (Lipinski definition) is 3. The molecule has 1 aliphatic rings. The molecule has 0 spiro atoms. The van der Waals surface area contributed by atoms with Crippen molar-refractivity contribution >= 4 is 11.9 Å². The van der Waals surface area contributed by atoms with Gasteiger partial charge in [0.25, 0.3) is 0 Å². The summed E-state index contributed by atoms with van der Waals surface area (Å²) in [4.78, 5) is 25.6. The fraction of sp³-hybridized carbons (Fsp3) is 0.476. The zero-order chi connectivity index (χ0) is 22.8. The van der Waals surface area contributed by atoms with Crippen molar-refractivity contribution in [1.82, 2.24) is 20.4 Å². The lowest BCUT2D eigenvalue weighted by Gasteiger charge is -2.30. The van der Waals surface area contributed by atoms with Gasteiger partial charge in [-0.1, -0.05) is 20.8 Å². The average molecular weight is 436 g/mol. The molecule has 2 heterocycles. The number of nitrogens with one attached hydrogen (secondary N) is 2. The van der Waals surface area contributed by atoms with Gasteiger partial charge in [-0.15, -0.1) is 0 Å². The summed E-state index contributed by atoms with van der Waals surface area (Å²) in [5, 5.41) is 18.6. The van der Waals surface area contributed by atoms with Crippen LogP contribution in [0.1, 0.15) is 32.0 Å². The molecule has 1 aromatic heterocycles. The van der Waals surface area contributed by atoms with Crippen LogP contribution in [0.25, 0.3) is 11.3 Å². The van der Waals surface area contributed by atoms with Crippen LogP contribution in [0.2, 0.25) is 0 Å². The van der Waals surface area contributed by atoms with E-state index >= 15 is 0 Å². The third-order valence-electron chi connectivity index (χ3n) is 5.01. The summed E-state index contributed by atoms with van der Waals surface area (Å²) in [7, 11) is 0. The average Bonchev–Trinajstić information content (AvgIpc) is 3.11. The van der Waals surface area contributed by atoms with Gasteiger partial charge in [0.1, 0.15) is 6.04 Å². The molecule has 0 radical (unpaired) electrons. The monoisotopic (exact) mass is 436 g/mol. The maximum Gasteiger partial charge on any atom is 0.343 e. The van der Waals surface area contributed by atoms with Crippen LogP contribution >= 0.6 is 0 Å². The minimum Gasteiger partial charge on any atom is -0.395 e. The Kier molecular flexibility index (Phi) is 6.71. The highest BCUT2D eigenvalue weighted by atomic mass is 19.2. The second-order valence-corrected chi connectivity index (χ2v) is 8.38. The predicted molar refractivity (Wildman–Crippen MR) is 108 cm³/mol. The molecule has 1 unspecified atom stereocenters. The van der Waals surface area contributed by atoms with Gasteiger partial charge in [0.05, 0.1) is 31.2 Å². The van der Waals surface area contributed by atoms with Gasteiger partial charge in [0.15, 0.2) is 11.6 Å². The van der Waals surface area contributed by atoms with Gasteiger partial charge >= 0.3 is 6.03 Å². The second kappa shape index (κ2) is 9.11. The number of carbonyl (C=O) groups is 2. The molecule has 3 rings (SSSR count). The van der Waals surface area contributed by atoms with Gasteiger partial charge in [-0.3, -0.25) is 4.79 Å². The number of hydrogen-bond acceptors (Lipinski definition) is 5. The van der Waals surface area contributed by atoms with E-state index in [4.69, 9.17) is 9.84 Å². The maximum atomic E-state index is 13.8. The number of aromatic nitrogens is 2. The van der Waals surface area contributed by atoms with Crippen molar-refractivity contribution in [2.24, 2.45) is 5.41 Å². The van der Waals surface area contributed by atoms with Crippen LogP contribution in [0, 0.1) is 17.0 Å². The maximum absolute atomic E-state index is 13.8. The minimum atomic E-state index is -1.02. The van der Waals surface area contributed by atoms with Crippen molar-refractivity contribution in [3.8, 4) is 11.3 Å². The number of halogens is 2. The topological polar surface area (TPSA) is 105 Å². The van der Waals surface area contributed by atoms with Crippen molar-refractivity contribution in [1.29, 1.82) is 0 Å². The molecule has 168 valence electrons. The van der Waals surface area contributed by atoms with Gasteiger partial charge < -0.3 is 20.5 Å². The highest BCUT2D eigenvalue weighted by Gasteiger charge is 2.34. The molecule has 31 heavy (non-hydrogen) atoms. The van der Waals surface area contributed by atoms with Gasteiger partial charge in [-0.25, -0.2) is 13.6 Å². The molecule has 1 aromatic carbocycles. The Morgan fingerprint density at radius 3 is 2.68 bits per heavy atom. The number of amides is 2. The number of carbonyl (C=O) groups excluding carboxylic acids is 2. The Morgan fingerprint density at radius 1 is 1.29 bits per heavy atom. The highest BCUT2D eigenvalue weighted by Crippen LogP contribution is 2.30. The molecule has 0 bridgehead atoms. The highest BCUT2D eigenvalue weighted by molar-refractivity contribution is 5.89. The lowest BCUT2D eigenvalue weighted by molar-refractivity contribution is -0.125. The standard InChI is InChI=1S/C21H26F2N4O4/c1-21(2,3)18(19(29)24-7-8-28)25-20(30)27-16-6-9-31-11-13(16)17(26-27)12-4-5-14(22)15(23)10-12/h4-5,10,18,28H,6-9,11H2,1-3H3,(H,24,29)(H,25,30). The van der Waals surface area contributed by atoms with E-state index in [1.165, 1.54) is 6.07 Å². The minimum absolute atomic E-state index is 0.0655. The molecule has 0 saturated heterocycles. The smallest absolute Gasteiger partial charge is 0.343 e. The van der Waals surface area contributed by atoms with E-state index in [0.717, 1.165) is 16.8 Å². The molecule has 1 atom stereocenters. The zero-order valence-electron chi connectivity index (χ0n) is 17.7. The number of nitrogens with zero attached hydrogens (tertiary/aromatic N) is 2. The lowest BCUT2D eigenvalue weighted by Crippen LogP contribution is -2.55. The normalized spacial score (nSPS) is 14.6. The van der Waals surface area contributed by atoms with E-state index in [1.807, 2.05) is 0 Å². The second-order valence-electron chi connectivity index (χ2n) is 8.38. The molecular formula is C21H26F2N4O4. The molecule has 0 fully saturated rings. The number of ether oxygens (including phenoxy) is 1. The van der Waals surface area contributed by atoms with E-state index in [1.54, 1.807) is 20.8 Å². The van der Waals surface area contributed by atoms with Crippen LogP contribution in [-0.4, -0.2) is 52.6 Å². The van der Waals surface area contributed by atoms with Crippen LogP contribution in [-0.2, 0) is 22.6 Å². The SMILES string of the molecule is CC(C)(C)C(NC(=O)n1nc(-c2ccc(F)c(F)c2)c2c1CCOC2)C(=O)NCCO. The summed E-state index contributed by atoms with van der Waals surface area (Å²) in [5.41, 5.74) is 1.23. The summed E-state index contributed by atoms with van der Waals surface area (Å²) in [5.74, 6) is -2.43. The first-order valence-electron chi connectivity index (χ1n) is 9.97. The van der Waals surface area contributed by atoms with Crippen molar-refractivity contribution in [2.45, 2.75) is 39.8 Å². The number of rotatable bonds is 5. The first-order valence-corrected chi connectivity index (χ1v) is 9.97. The largest absolute Gasteiger partial charge is 0.395 e. The molecule has 0 aliphatic carbocycles. The van der Waals surface area contributed by atoms with E-state index < -0.39 is 35.0 Å². The molecule has 10 heteroatoms. The van der Waals surface area contributed by atoms with Crippen LogP contribution in [0.4, 0.5) is 13.6 Å². The number of benzene rings is 1. The summed E-state index contributed by atoms with van der Waals surface area (Å²) < 4.78 is 33.8. The van der Waals surface area contributed by atoms with Crippen LogP contribution in [0.5, 0.6) is 0 Å². The molecule has 8 nitrogen and oxygen atoms in total. The van der Waals surface area contributed by atoms with Gasteiger partial charge in [-0.05, 0) is 23.6 Å². The first-order chi connectivity index (χ1) is 14.6. The van der Waals surface area contributed by atoms with Gasteiger partial charge in [0.2, 0.25) is 5.91 Å². The Bertz CT molecular complexity index is 984. The van der Waals surface area contributed by atoms with Crippen molar-refractivity contribution < 1.29 is 28.2 Å². The fourth-order valence-electron chi connectivity index (χ4n) is 3.42. The fourth-order valence-corrected chi connectivity index (χ4v) is 3.42.